The van der Waals surface area contributed by atoms with Gasteiger partial charge in [0, 0.05) is 5.02 Å². The van der Waals surface area contributed by atoms with Crippen molar-refractivity contribution in [2.24, 2.45) is 0 Å². The van der Waals surface area contributed by atoms with Crippen LogP contribution in [0.5, 0.6) is 0 Å². The van der Waals surface area contributed by atoms with Crippen molar-refractivity contribution < 1.29 is 8.94 Å². The molecule has 0 unspecified atom stereocenters. The quantitative estimate of drug-likeness (QED) is 0.632. The van der Waals surface area contributed by atoms with E-state index in [4.69, 9.17) is 20.5 Å². The number of hydrogen-bond donors (Lipinski definition) is 0. The minimum atomic E-state index is 0.480. The van der Waals surface area contributed by atoms with Crippen LogP contribution in [-0.2, 0) is 0 Å². The molecule has 5 heteroatoms. The van der Waals surface area contributed by atoms with Gasteiger partial charge in [0.05, 0.1) is 11.8 Å². The van der Waals surface area contributed by atoms with Crippen molar-refractivity contribution in [1.29, 1.82) is 0 Å². The van der Waals surface area contributed by atoms with E-state index in [1.54, 1.807) is 24.4 Å². The standard InChI is InChI=1S/C10H5ClN2O2/c11-7-1-2-9-8(3-7)13-10(15-9)6-4-12-14-5-6/h1-5H. The minimum Gasteiger partial charge on any atom is -0.436 e. The largest absolute Gasteiger partial charge is 0.436 e. The van der Waals surface area contributed by atoms with E-state index >= 15 is 0 Å². The molecule has 0 aliphatic rings. The normalized spacial score (nSPS) is 11.0. The van der Waals surface area contributed by atoms with Crippen LogP contribution in [0, 0.1) is 0 Å². The summed E-state index contributed by atoms with van der Waals surface area (Å²) in [4.78, 5) is 4.26. The summed E-state index contributed by atoms with van der Waals surface area (Å²) >= 11 is 5.84. The van der Waals surface area contributed by atoms with E-state index < -0.39 is 0 Å². The number of nitrogens with zero attached hydrogens (tertiary/aromatic N) is 2. The monoisotopic (exact) mass is 220 g/mol. The lowest BCUT2D eigenvalue weighted by Gasteiger charge is -1.85. The molecule has 0 amide bonds. The molecular weight excluding hydrogens is 216 g/mol. The first kappa shape index (κ1) is 8.49. The maximum absolute atomic E-state index is 5.84. The van der Waals surface area contributed by atoms with Gasteiger partial charge in [-0.3, -0.25) is 0 Å². The average Bonchev–Trinajstić information content (AvgIpc) is 2.84. The fourth-order valence-corrected chi connectivity index (χ4v) is 1.50. The molecule has 0 bridgehead atoms. The zero-order valence-electron chi connectivity index (χ0n) is 7.48. The van der Waals surface area contributed by atoms with Crippen molar-refractivity contribution in [3.8, 4) is 11.5 Å². The van der Waals surface area contributed by atoms with Crippen molar-refractivity contribution in [2.75, 3.05) is 0 Å². The summed E-state index contributed by atoms with van der Waals surface area (Å²) in [6.45, 7) is 0. The average molecular weight is 221 g/mol. The Bertz CT molecular complexity index is 601. The Morgan fingerprint density at radius 2 is 2.20 bits per heavy atom. The second-order valence-electron chi connectivity index (χ2n) is 3.04. The van der Waals surface area contributed by atoms with E-state index in [1.807, 2.05) is 0 Å². The molecule has 0 atom stereocenters. The Kier molecular flexibility index (Phi) is 1.76. The summed E-state index contributed by atoms with van der Waals surface area (Å²) in [6.07, 6.45) is 3.03. The molecule has 0 aliphatic carbocycles. The predicted molar refractivity (Wildman–Crippen MR) is 54.5 cm³/mol. The molecule has 0 aliphatic heterocycles. The van der Waals surface area contributed by atoms with Crippen molar-refractivity contribution >= 4 is 22.7 Å². The molecule has 2 heterocycles. The van der Waals surface area contributed by atoms with Crippen molar-refractivity contribution in [3.05, 3.63) is 35.7 Å². The second-order valence-corrected chi connectivity index (χ2v) is 3.48. The molecule has 0 spiro atoms. The van der Waals surface area contributed by atoms with E-state index in [1.165, 1.54) is 6.26 Å². The molecule has 3 aromatic rings. The molecule has 74 valence electrons. The van der Waals surface area contributed by atoms with Crippen LogP contribution in [0.4, 0.5) is 0 Å². The zero-order valence-corrected chi connectivity index (χ0v) is 8.23. The molecular formula is C10H5ClN2O2. The first-order chi connectivity index (χ1) is 7.33. The minimum absolute atomic E-state index is 0.480. The smallest absolute Gasteiger partial charge is 0.232 e. The molecule has 15 heavy (non-hydrogen) atoms. The fraction of sp³-hybridized carbons (Fsp3) is 0. The fourth-order valence-electron chi connectivity index (χ4n) is 1.33. The lowest BCUT2D eigenvalue weighted by Crippen LogP contribution is -1.71. The van der Waals surface area contributed by atoms with Crippen molar-refractivity contribution in [2.45, 2.75) is 0 Å². The molecule has 3 rings (SSSR count). The maximum atomic E-state index is 5.84. The van der Waals surface area contributed by atoms with E-state index in [0.717, 1.165) is 5.52 Å². The zero-order chi connectivity index (χ0) is 10.3. The highest BCUT2D eigenvalue weighted by Crippen LogP contribution is 2.25. The first-order valence-corrected chi connectivity index (χ1v) is 4.66. The van der Waals surface area contributed by atoms with Crippen LogP contribution in [0.3, 0.4) is 0 Å². The number of rotatable bonds is 1. The van der Waals surface area contributed by atoms with Crippen LogP contribution < -0.4 is 0 Å². The van der Waals surface area contributed by atoms with E-state index in [2.05, 4.69) is 10.1 Å². The van der Waals surface area contributed by atoms with Gasteiger partial charge in [0.2, 0.25) is 5.89 Å². The van der Waals surface area contributed by atoms with Crippen LogP contribution in [0.1, 0.15) is 0 Å². The van der Waals surface area contributed by atoms with Gasteiger partial charge in [-0.25, -0.2) is 4.98 Å². The summed E-state index contributed by atoms with van der Waals surface area (Å²) in [5, 5.41) is 4.22. The molecule has 0 radical (unpaired) electrons. The highest BCUT2D eigenvalue weighted by molar-refractivity contribution is 6.31. The van der Waals surface area contributed by atoms with Gasteiger partial charge in [0.15, 0.2) is 5.58 Å². The maximum Gasteiger partial charge on any atom is 0.232 e. The topological polar surface area (TPSA) is 52.1 Å². The van der Waals surface area contributed by atoms with Crippen LogP contribution >= 0.6 is 11.6 Å². The Balaban J connectivity index is 2.22. The van der Waals surface area contributed by atoms with Gasteiger partial charge in [0.25, 0.3) is 0 Å². The van der Waals surface area contributed by atoms with E-state index in [0.29, 0.717) is 22.1 Å². The van der Waals surface area contributed by atoms with Gasteiger partial charge in [-0.2, -0.15) is 0 Å². The van der Waals surface area contributed by atoms with Gasteiger partial charge < -0.3 is 8.94 Å². The third kappa shape index (κ3) is 1.39. The Morgan fingerprint density at radius 3 is 3.00 bits per heavy atom. The molecule has 0 saturated heterocycles. The lowest BCUT2D eigenvalue weighted by atomic mass is 10.3. The summed E-state index contributed by atoms with van der Waals surface area (Å²) < 4.78 is 10.2. The molecule has 4 nitrogen and oxygen atoms in total. The Hall–Kier alpha value is -1.81. The van der Waals surface area contributed by atoms with Crippen LogP contribution in [-0.4, -0.2) is 10.1 Å². The third-order valence-corrected chi connectivity index (χ3v) is 2.26. The molecule has 2 aromatic heterocycles. The van der Waals surface area contributed by atoms with E-state index in [-0.39, 0.29) is 0 Å². The Labute approximate surface area is 89.5 Å². The van der Waals surface area contributed by atoms with Gasteiger partial charge in [-0.05, 0) is 18.2 Å². The highest BCUT2D eigenvalue weighted by atomic mass is 35.5. The van der Waals surface area contributed by atoms with Gasteiger partial charge >= 0.3 is 0 Å². The second kappa shape index (κ2) is 3.10. The summed E-state index contributed by atoms with van der Waals surface area (Å²) in [5.74, 6) is 0.480. The molecule has 0 N–H and O–H groups in total. The van der Waals surface area contributed by atoms with Gasteiger partial charge in [0.1, 0.15) is 11.8 Å². The van der Waals surface area contributed by atoms with Gasteiger partial charge in [-0.1, -0.05) is 16.8 Å². The summed E-state index contributed by atoms with van der Waals surface area (Å²) in [7, 11) is 0. The SMILES string of the molecule is Clc1ccc2oc(-c3cnoc3)nc2c1. The molecule has 0 saturated carbocycles. The molecule has 0 fully saturated rings. The lowest BCUT2D eigenvalue weighted by molar-refractivity contribution is 0.420. The van der Waals surface area contributed by atoms with Crippen LogP contribution in [0.2, 0.25) is 5.02 Å². The number of benzene rings is 1. The van der Waals surface area contributed by atoms with Crippen LogP contribution in [0.25, 0.3) is 22.6 Å². The Morgan fingerprint density at radius 1 is 1.27 bits per heavy atom. The predicted octanol–water partition coefficient (Wildman–Crippen LogP) is 3.14. The third-order valence-electron chi connectivity index (χ3n) is 2.03. The van der Waals surface area contributed by atoms with Crippen molar-refractivity contribution in [3.63, 3.8) is 0 Å². The van der Waals surface area contributed by atoms with Gasteiger partial charge in [-0.15, -0.1) is 0 Å². The number of halogens is 1. The molecule has 1 aromatic carbocycles. The summed E-state index contributed by atoms with van der Waals surface area (Å²) in [6, 6.07) is 5.28. The van der Waals surface area contributed by atoms with E-state index in [9.17, 15) is 0 Å². The summed E-state index contributed by atoms with van der Waals surface area (Å²) in [5.41, 5.74) is 2.12. The first-order valence-electron chi connectivity index (χ1n) is 4.29. The number of aromatic nitrogens is 2. The van der Waals surface area contributed by atoms with Crippen molar-refractivity contribution in [1.82, 2.24) is 10.1 Å². The highest BCUT2D eigenvalue weighted by Gasteiger charge is 2.09. The number of oxazole rings is 1. The number of hydrogen-bond acceptors (Lipinski definition) is 4. The van der Waals surface area contributed by atoms with Crippen LogP contribution in [0.15, 0.2) is 39.6 Å². The number of fused-ring (bicyclic) bond motifs is 1.